The molecule has 0 aliphatic carbocycles. The van der Waals surface area contributed by atoms with E-state index in [0.717, 1.165) is 11.1 Å². The van der Waals surface area contributed by atoms with Gasteiger partial charge in [0.25, 0.3) is 5.91 Å². The van der Waals surface area contributed by atoms with Crippen molar-refractivity contribution in [2.45, 2.75) is 52.7 Å². The summed E-state index contributed by atoms with van der Waals surface area (Å²) in [5.41, 5.74) is 0.419. The van der Waals surface area contributed by atoms with Gasteiger partial charge >= 0.3 is 0 Å². The lowest BCUT2D eigenvalue weighted by molar-refractivity contribution is -0.155. The van der Waals surface area contributed by atoms with E-state index in [9.17, 15) is 14.7 Å². The number of rotatable bonds is 5. The third-order valence-electron chi connectivity index (χ3n) is 6.44. The molecule has 172 valence electrons. The largest absolute Gasteiger partial charge is 0.384 e. The molecule has 2 atom stereocenters. The normalized spacial score (nSPS) is 21.3. The quantitative estimate of drug-likeness (QED) is 0.712. The van der Waals surface area contributed by atoms with Gasteiger partial charge in [-0.25, -0.2) is 0 Å². The fourth-order valence-electron chi connectivity index (χ4n) is 4.38. The number of amides is 2. The molecule has 32 heavy (non-hydrogen) atoms. The van der Waals surface area contributed by atoms with Crippen molar-refractivity contribution in [3.05, 3.63) is 64.4 Å². The predicted molar refractivity (Wildman–Crippen MR) is 125 cm³/mol. The van der Waals surface area contributed by atoms with Crippen molar-refractivity contribution in [3.8, 4) is 0 Å². The Morgan fingerprint density at radius 1 is 1.19 bits per heavy atom. The monoisotopic (exact) mass is 457 g/mol. The lowest BCUT2D eigenvalue weighted by atomic mass is 9.66. The number of halogens is 1. The highest BCUT2D eigenvalue weighted by atomic mass is 35.5. The van der Waals surface area contributed by atoms with E-state index in [0.29, 0.717) is 30.1 Å². The number of piperidine rings is 1. The zero-order valence-electron chi connectivity index (χ0n) is 19.4. The zero-order valence-corrected chi connectivity index (χ0v) is 20.1. The number of hydrogen-bond acceptors (Lipinski definition) is 4. The van der Waals surface area contributed by atoms with Crippen molar-refractivity contribution in [3.63, 3.8) is 0 Å². The summed E-state index contributed by atoms with van der Waals surface area (Å²) in [6.45, 7) is 10.4. The number of benzene rings is 1. The number of aromatic nitrogens is 1. The first kappa shape index (κ1) is 24.2. The molecule has 0 unspecified atom stereocenters. The SMILES string of the molecule is Cc1cncc(C(=O)N[C@@H](C(=O)N2CC[C@](O)(c3ccc(Cl)cc3)C(C)(C)C2)C(C)C)c1. The van der Waals surface area contributed by atoms with Crippen LogP contribution in [0.5, 0.6) is 0 Å². The van der Waals surface area contributed by atoms with Gasteiger partial charge in [0.05, 0.1) is 11.2 Å². The Balaban J connectivity index is 1.77. The maximum Gasteiger partial charge on any atom is 0.253 e. The van der Waals surface area contributed by atoms with Crippen molar-refractivity contribution in [2.24, 2.45) is 11.3 Å². The van der Waals surface area contributed by atoms with Gasteiger partial charge < -0.3 is 15.3 Å². The van der Waals surface area contributed by atoms with E-state index < -0.39 is 17.1 Å². The van der Waals surface area contributed by atoms with Gasteiger partial charge in [-0.3, -0.25) is 14.6 Å². The molecule has 1 aromatic carbocycles. The number of nitrogens with zero attached hydrogens (tertiary/aromatic N) is 2. The molecular weight excluding hydrogens is 426 g/mol. The summed E-state index contributed by atoms with van der Waals surface area (Å²) in [5, 5.41) is 15.1. The molecule has 2 amide bonds. The number of hydrogen-bond donors (Lipinski definition) is 2. The molecule has 2 aromatic rings. The van der Waals surface area contributed by atoms with Crippen molar-refractivity contribution in [1.82, 2.24) is 15.2 Å². The second-order valence-electron chi connectivity index (χ2n) is 9.71. The Bertz CT molecular complexity index is 990. The summed E-state index contributed by atoms with van der Waals surface area (Å²) in [6.07, 6.45) is 3.58. The number of carbonyl (C=O) groups is 2. The molecule has 6 nitrogen and oxygen atoms in total. The highest BCUT2D eigenvalue weighted by Gasteiger charge is 2.50. The molecule has 2 heterocycles. The van der Waals surface area contributed by atoms with E-state index in [1.165, 1.54) is 6.20 Å². The molecule has 0 saturated carbocycles. The van der Waals surface area contributed by atoms with Crippen LogP contribution in [0, 0.1) is 18.3 Å². The first-order chi connectivity index (χ1) is 14.9. The van der Waals surface area contributed by atoms with Crippen LogP contribution in [-0.2, 0) is 10.4 Å². The molecule has 0 bridgehead atoms. The van der Waals surface area contributed by atoms with Crippen LogP contribution < -0.4 is 5.32 Å². The summed E-state index contributed by atoms with van der Waals surface area (Å²) in [7, 11) is 0. The van der Waals surface area contributed by atoms with Crippen LogP contribution in [-0.4, -0.2) is 45.9 Å². The molecule has 1 fully saturated rings. The Morgan fingerprint density at radius 2 is 1.84 bits per heavy atom. The smallest absolute Gasteiger partial charge is 0.253 e. The number of carbonyl (C=O) groups excluding carboxylic acids is 2. The minimum absolute atomic E-state index is 0.0931. The molecule has 1 aliphatic rings. The van der Waals surface area contributed by atoms with Gasteiger partial charge in [0, 0.05) is 35.9 Å². The Morgan fingerprint density at radius 3 is 2.41 bits per heavy atom. The zero-order chi connectivity index (χ0) is 23.7. The highest BCUT2D eigenvalue weighted by molar-refractivity contribution is 6.30. The highest BCUT2D eigenvalue weighted by Crippen LogP contribution is 2.46. The van der Waals surface area contributed by atoms with Crippen LogP contribution in [0.25, 0.3) is 0 Å². The van der Waals surface area contributed by atoms with Crippen LogP contribution in [0.3, 0.4) is 0 Å². The molecule has 0 radical (unpaired) electrons. The van der Waals surface area contributed by atoms with E-state index >= 15 is 0 Å². The van der Waals surface area contributed by atoms with E-state index in [1.54, 1.807) is 29.3 Å². The van der Waals surface area contributed by atoms with Gasteiger partial charge in [-0.1, -0.05) is 51.4 Å². The van der Waals surface area contributed by atoms with Crippen molar-refractivity contribution >= 4 is 23.4 Å². The third-order valence-corrected chi connectivity index (χ3v) is 6.69. The number of nitrogens with one attached hydrogen (secondary N) is 1. The first-order valence-electron chi connectivity index (χ1n) is 10.9. The van der Waals surface area contributed by atoms with E-state index in [1.807, 2.05) is 46.8 Å². The number of aliphatic hydroxyl groups is 1. The summed E-state index contributed by atoms with van der Waals surface area (Å²) in [6, 6.07) is 8.31. The average molecular weight is 458 g/mol. The van der Waals surface area contributed by atoms with Gasteiger partial charge in [-0.2, -0.15) is 0 Å². The molecular formula is C25H32ClN3O3. The van der Waals surface area contributed by atoms with Gasteiger partial charge in [0.2, 0.25) is 5.91 Å². The van der Waals surface area contributed by atoms with E-state index in [4.69, 9.17) is 11.6 Å². The molecule has 3 rings (SSSR count). The Hall–Kier alpha value is -2.44. The second kappa shape index (κ2) is 9.20. The topological polar surface area (TPSA) is 82.5 Å². The lowest BCUT2D eigenvalue weighted by Gasteiger charge is -2.51. The maximum absolute atomic E-state index is 13.4. The molecule has 1 saturated heterocycles. The standard InChI is InChI=1S/C25H32ClN3O3/c1-16(2)21(28-22(30)18-12-17(3)13-27-14-18)23(31)29-11-10-25(32,24(4,5)15-29)19-6-8-20(26)9-7-19/h6-9,12-14,16,21,32H,10-11,15H2,1-5H3,(H,28,30)/t21-,25+/m1/s1. The number of pyridine rings is 1. The van der Waals surface area contributed by atoms with Gasteiger partial charge in [0.15, 0.2) is 0 Å². The predicted octanol–water partition coefficient (Wildman–Crippen LogP) is 3.94. The Kier molecular flexibility index (Phi) is 6.96. The molecule has 0 spiro atoms. The number of likely N-dealkylation sites (tertiary alicyclic amines) is 1. The number of aryl methyl sites for hydroxylation is 1. The fraction of sp³-hybridized carbons (Fsp3) is 0.480. The average Bonchev–Trinajstić information content (AvgIpc) is 2.73. The van der Waals surface area contributed by atoms with Gasteiger partial charge in [-0.05, 0) is 48.6 Å². The third kappa shape index (κ3) is 4.81. The molecule has 1 aliphatic heterocycles. The van der Waals surface area contributed by atoms with E-state index in [2.05, 4.69) is 10.3 Å². The summed E-state index contributed by atoms with van der Waals surface area (Å²) in [4.78, 5) is 32.0. The summed E-state index contributed by atoms with van der Waals surface area (Å²) in [5.74, 6) is -0.549. The second-order valence-corrected chi connectivity index (χ2v) is 10.1. The van der Waals surface area contributed by atoms with E-state index in [-0.39, 0.29) is 17.7 Å². The minimum Gasteiger partial charge on any atom is -0.384 e. The van der Waals surface area contributed by atoms with Crippen molar-refractivity contribution in [1.29, 1.82) is 0 Å². The summed E-state index contributed by atoms with van der Waals surface area (Å²) < 4.78 is 0. The maximum atomic E-state index is 13.4. The summed E-state index contributed by atoms with van der Waals surface area (Å²) >= 11 is 6.02. The molecule has 7 heteroatoms. The van der Waals surface area contributed by atoms with Gasteiger partial charge in [0.1, 0.15) is 6.04 Å². The fourth-order valence-corrected chi connectivity index (χ4v) is 4.51. The van der Waals surface area contributed by atoms with Crippen LogP contribution in [0.2, 0.25) is 5.02 Å². The van der Waals surface area contributed by atoms with Crippen LogP contribution >= 0.6 is 11.6 Å². The van der Waals surface area contributed by atoms with Crippen molar-refractivity contribution in [2.75, 3.05) is 13.1 Å². The van der Waals surface area contributed by atoms with Gasteiger partial charge in [-0.15, -0.1) is 0 Å². The molecule has 1 aromatic heterocycles. The van der Waals surface area contributed by atoms with Crippen LogP contribution in [0.15, 0.2) is 42.7 Å². The minimum atomic E-state index is -1.09. The lowest BCUT2D eigenvalue weighted by Crippen LogP contribution is -2.60. The Labute approximate surface area is 195 Å². The molecule has 2 N–H and O–H groups in total. The first-order valence-corrected chi connectivity index (χ1v) is 11.3. The van der Waals surface area contributed by atoms with Crippen LogP contribution in [0.1, 0.15) is 55.6 Å². The van der Waals surface area contributed by atoms with Crippen LogP contribution in [0.4, 0.5) is 0 Å². The van der Waals surface area contributed by atoms with Crippen molar-refractivity contribution < 1.29 is 14.7 Å².